The Morgan fingerprint density at radius 2 is 2.14 bits per heavy atom. The number of hydrogen-bond donors (Lipinski definition) is 1. The quantitative estimate of drug-likeness (QED) is 0.608. The molecular formula is C12H15BrN6O3. The average molecular weight is 371 g/mol. The highest BCUT2D eigenvalue weighted by atomic mass is 79.9. The first-order valence-electron chi connectivity index (χ1n) is 6.46. The van der Waals surface area contributed by atoms with E-state index in [-0.39, 0.29) is 11.6 Å². The summed E-state index contributed by atoms with van der Waals surface area (Å²) < 4.78 is 3.76. The number of amides is 1. The van der Waals surface area contributed by atoms with Crippen LogP contribution in [0.15, 0.2) is 29.3 Å². The van der Waals surface area contributed by atoms with Crippen molar-refractivity contribution < 1.29 is 9.72 Å². The molecule has 1 N–H and O–H groups in total. The standard InChI is InChI=1S/C12H15BrN6O3/c1-12(2,18-7-9(13)5-16-18)11(20)14-3-4-17-8-10(6-15-17)19(21)22/h5-8H,3-4H2,1-2H3,(H,14,20). The topological polar surface area (TPSA) is 108 Å². The van der Waals surface area contributed by atoms with Gasteiger partial charge in [-0.1, -0.05) is 0 Å². The first kappa shape index (κ1) is 16.1. The number of carbonyl (C=O) groups is 1. The molecule has 118 valence electrons. The predicted molar refractivity (Wildman–Crippen MR) is 81.1 cm³/mol. The number of halogens is 1. The van der Waals surface area contributed by atoms with E-state index in [4.69, 9.17) is 0 Å². The van der Waals surface area contributed by atoms with Gasteiger partial charge in [0.2, 0.25) is 5.91 Å². The van der Waals surface area contributed by atoms with E-state index in [1.54, 1.807) is 30.9 Å². The van der Waals surface area contributed by atoms with Gasteiger partial charge < -0.3 is 5.32 Å². The fourth-order valence-corrected chi connectivity index (χ4v) is 2.07. The molecule has 0 radical (unpaired) electrons. The van der Waals surface area contributed by atoms with E-state index in [9.17, 15) is 14.9 Å². The zero-order valence-corrected chi connectivity index (χ0v) is 13.6. The van der Waals surface area contributed by atoms with E-state index >= 15 is 0 Å². The summed E-state index contributed by atoms with van der Waals surface area (Å²) in [6, 6.07) is 0. The fraction of sp³-hybridized carbons (Fsp3) is 0.417. The zero-order chi connectivity index (χ0) is 16.3. The van der Waals surface area contributed by atoms with Crippen molar-refractivity contribution in [3.8, 4) is 0 Å². The maximum Gasteiger partial charge on any atom is 0.306 e. The Bertz CT molecular complexity index is 693. The van der Waals surface area contributed by atoms with Gasteiger partial charge in [0, 0.05) is 12.7 Å². The molecule has 0 fully saturated rings. The van der Waals surface area contributed by atoms with Gasteiger partial charge in [-0.3, -0.25) is 24.3 Å². The van der Waals surface area contributed by atoms with Crippen LogP contribution in [0, 0.1) is 10.1 Å². The van der Waals surface area contributed by atoms with E-state index in [1.807, 2.05) is 0 Å². The average Bonchev–Trinajstić information content (AvgIpc) is 3.07. The predicted octanol–water partition coefficient (Wildman–Crippen LogP) is 1.30. The number of aromatic nitrogens is 4. The Balaban J connectivity index is 1.90. The van der Waals surface area contributed by atoms with Crippen molar-refractivity contribution in [1.29, 1.82) is 0 Å². The summed E-state index contributed by atoms with van der Waals surface area (Å²) in [6.45, 7) is 4.16. The highest BCUT2D eigenvalue weighted by Crippen LogP contribution is 2.17. The summed E-state index contributed by atoms with van der Waals surface area (Å²) in [5, 5.41) is 21.3. The highest BCUT2D eigenvalue weighted by Gasteiger charge is 2.30. The number of rotatable bonds is 6. The minimum absolute atomic E-state index is 0.0759. The normalized spacial score (nSPS) is 11.4. The number of nitrogens with zero attached hydrogens (tertiary/aromatic N) is 5. The summed E-state index contributed by atoms with van der Waals surface area (Å²) in [5.41, 5.74) is -0.921. The summed E-state index contributed by atoms with van der Waals surface area (Å²) >= 11 is 3.29. The minimum atomic E-state index is -0.845. The lowest BCUT2D eigenvalue weighted by atomic mass is 10.1. The molecule has 2 heterocycles. The van der Waals surface area contributed by atoms with Crippen LogP contribution in [0.2, 0.25) is 0 Å². The molecule has 0 aromatic carbocycles. The summed E-state index contributed by atoms with van der Waals surface area (Å²) in [4.78, 5) is 22.3. The van der Waals surface area contributed by atoms with Gasteiger partial charge in [-0.2, -0.15) is 10.2 Å². The third kappa shape index (κ3) is 3.50. The van der Waals surface area contributed by atoms with Crippen LogP contribution in [0.4, 0.5) is 5.69 Å². The molecule has 0 unspecified atom stereocenters. The molecule has 0 bridgehead atoms. The second-order valence-corrected chi connectivity index (χ2v) is 6.05. The molecule has 0 atom stereocenters. The lowest BCUT2D eigenvalue weighted by Gasteiger charge is -2.24. The van der Waals surface area contributed by atoms with Crippen LogP contribution in [0.5, 0.6) is 0 Å². The van der Waals surface area contributed by atoms with Gasteiger partial charge in [0.1, 0.15) is 17.9 Å². The van der Waals surface area contributed by atoms with Gasteiger partial charge in [0.15, 0.2) is 0 Å². The third-order valence-electron chi connectivity index (χ3n) is 3.14. The molecule has 22 heavy (non-hydrogen) atoms. The van der Waals surface area contributed by atoms with Crippen LogP contribution in [0.25, 0.3) is 0 Å². The van der Waals surface area contributed by atoms with Gasteiger partial charge in [-0.15, -0.1) is 0 Å². The molecule has 1 amide bonds. The monoisotopic (exact) mass is 370 g/mol. The van der Waals surface area contributed by atoms with Crippen LogP contribution in [0.1, 0.15) is 13.8 Å². The molecule has 0 saturated carbocycles. The van der Waals surface area contributed by atoms with Crippen molar-refractivity contribution >= 4 is 27.5 Å². The van der Waals surface area contributed by atoms with Crippen LogP contribution >= 0.6 is 15.9 Å². The van der Waals surface area contributed by atoms with E-state index < -0.39 is 10.5 Å². The van der Waals surface area contributed by atoms with E-state index in [0.29, 0.717) is 13.1 Å². The second kappa shape index (κ2) is 6.26. The molecule has 9 nitrogen and oxygen atoms in total. The maximum atomic E-state index is 12.3. The third-order valence-corrected chi connectivity index (χ3v) is 3.55. The molecule has 10 heteroatoms. The number of carbonyl (C=O) groups excluding carboxylic acids is 1. The Kier molecular flexibility index (Phi) is 4.59. The van der Waals surface area contributed by atoms with E-state index in [2.05, 4.69) is 31.4 Å². The lowest BCUT2D eigenvalue weighted by molar-refractivity contribution is -0.385. The maximum absolute atomic E-state index is 12.3. The lowest BCUT2D eigenvalue weighted by Crippen LogP contribution is -2.45. The van der Waals surface area contributed by atoms with E-state index in [1.165, 1.54) is 17.1 Å². The van der Waals surface area contributed by atoms with Crippen molar-refractivity contribution in [2.24, 2.45) is 0 Å². The Labute approximate surface area is 134 Å². The molecule has 2 aromatic heterocycles. The van der Waals surface area contributed by atoms with Gasteiger partial charge in [0.25, 0.3) is 0 Å². The molecule has 2 rings (SSSR count). The van der Waals surface area contributed by atoms with Crippen molar-refractivity contribution in [1.82, 2.24) is 24.9 Å². The van der Waals surface area contributed by atoms with Gasteiger partial charge in [-0.05, 0) is 29.8 Å². The van der Waals surface area contributed by atoms with Crippen LogP contribution in [-0.4, -0.2) is 36.9 Å². The van der Waals surface area contributed by atoms with Crippen LogP contribution in [-0.2, 0) is 16.9 Å². The summed E-state index contributed by atoms with van der Waals surface area (Å²) in [6.07, 6.45) is 5.82. The van der Waals surface area contributed by atoms with Crippen LogP contribution in [0.3, 0.4) is 0 Å². The molecule has 0 saturated heterocycles. The number of nitrogens with one attached hydrogen (secondary N) is 1. The second-order valence-electron chi connectivity index (χ2n) is 5.14. The SMILES string of the molecule is CC(C)(C(=O)NCCn1cc([N+](=O)[O-])cn1)n1cc(Br)cn1. The summed E-state index contributed by atoms with van der Waals surface area (Å²) in [5.74, 6) is -0.204. The number of hydrogen-bond acceptors (Lipinski definition) is 5. The highest BCUT2D eigenvalue weighted by molar-refractivity contribution is 9.10. The fourth-order valence-electron chi connectivity index (χ4n) is 1.78. The molecule has 0 aliphatic heterocycles. The summed E-state index contributed by atoms with van der Waals surface area (Å²) in [7, 11) is 0. The molecule has 0 spiro atoms. The molecular weight excluding hydrogens is 356 g/mol. The van der Waals surface area contributed by atoms with Gasteiger partial charge >= 0.3 is 5.69 Å². The van der Waals surface area contributed by atoms with Gasteiger partial charge in [0.05, 0.1) is 22.1 Å². The van der Waals surface area contributed by atoms with Crippen molar-refractivity contribution in [3.05, 3.63) is 39.4 Å². The largest absolute Gasteiger partial charge is 0.352 e. The van der Waals surface area contributed by atoms with Crippen molar-refractivity contribution in [2.75, 3.05) is 6.54 Å². The van der Waals surface area contributed by atoms with Crippen molar-refractivity contribution in [3.63, 3.8) is 0 Å². The van der Waals surface area contributed by atoms with Gasteiger partial charge in [-0.25, -0.2) is 0 Å². The van der Waals surface area contributed by atoms with Crippen molar-refractivity contribution in [2.45, 2.75) is 25.9 Å². The Morgan fingerprint density at radius 1 is 1.41 bits per heavy atom. The van der Waals surface area contributed by atoms with Crippen LogP contribution < -0.4 is 5.32 Å². The first-order chi connectivity index (χ1) is 10.3. The first-order valence-corrected chi connectivity index (χ1v) is 7.26. The number of nitro groups is 1. The Hall–Kier alpha value is -2.23. The molecule has 0 aliphatic rings. The zero-order valence-electron chi connectivity index (χ0n) is 12.1. The minimum Gasteiger partial charge on any atom is -0.352 e. The van der Waals surface area contributed by atoms with E-state index in [0.717, 1.165) is 4.47 Å². The molecule has 0 aliphatic carbocycles. The Morgan fingerprint density at radius 3 is 2.68 bits per heavy atom. The smallest absolute Gasteiger partial charge is 0.306 e. The molecule has 2 aromatic rings.